The highest BCUT2D eigenvalue weighted by molar-refractivity contribution is 8.02. The third-order valence-electron chi connectivity index (χ3n) is 1.26. The Morgan fingerprint density at radius 2 is 2.36 bits per heavy atom. The van der Waals surface area contributed by atoms with Crippen molar-refractivity contribution in [3.8, 4) is 0 Å². The van der Waals surface area contributed by atoms with Gasteiger partial charge in [0.15, 0.2) is 0 Å². The molecule has 1 aliphatic heterocycles. The number of thioether (sulfide) groups is 1. The van der Waals surface area contributed by atoms with Gasteiger partial charge in [0, 0.05) is 19.5 Å². The van der Waals surface area contributed by atoms with Gasteiger partial charge in [0.25, 0.3) is 0 Å². The van der Waals surface area contributed by atoms with Crippen LogP contribution in [0.5, 0.6) is 0 Å². The highest BCUT2D eigenvalue weighted by Gasteiger charge is 2.00. The largest absolute Gasteiger partial charge is 0.304 e. The lowest BCUT2D eigenvalue weighted by Gasteiger charge is -2.19. The van der Waals surface area contributed by atoms with Crippen LogP contribution in [0.25, 0.3) is 0 Å². The van der Waals surface area contributed by atoms with E-state index in [1.54, 1.807) is 7.05 Å². The van der Waals surface area contributed by atoms with Crippen LogP contribution in [0.15, 0.2) is 16.5 Å². The minimum Gasteiger partial charge on any atom is -0.304 e. The van der Waals surface area contributed by atoms with E-state index in [9.17, 15) is 0 Å². The fourth-order valence-electron chi connectivity index (χ4n) is 0.682. The number of nitrogens with zero attached hydrogens (tertiary/aromatic N) is 2. The molecule has 1 heterocycles. The zero-order valence-electron chi connectivity index (χ0n) is 7.29. The number of hydrogen-bond acceptors (Lipinski definition) is 3. The summed E-state index contributed by atoms with van der Waals surface area (Å²) < 4.78 is 0. The molecule has 64 valence electrons. The van der Waals surface area contributed by atoms with Gasteiger partial charge < -0.3 is 4.99 Å². The SMILES string of the molecule is C=NC.CCN1CC=CSC1. The lowest BCUT2D eigenvalue weighted by Crippen LogP contribution is -2.24. The van der Waals surface area contributed by atoms with E-state index < -0.39 is 0 Å². The van der Waals surface area contributed by atoms with Gasteiger partial charge in [0.05, 0.1) is 0 Å². The molecule has 0 spiro atoms. The maximum atomic E-state index is 3.25. The predicted molar refractivity (Wildman–Crippen MR) is 54.3 cm³/mol. The maximum Gasteiger partial charge on any atom is 0.0488 e. The molecule has 0 aromatic carbocycles. The Hall–Kier alpha value is -0.280. The van der Waals surface area contributed by atoms with Gasteiger partial charge in [-0.3, -0.25) is 4.90 Å². The first-order valence-electron chi connectivity index (χ1n) is 3.69. The second-order valence-electron chi connectivity index (χ2n) is 2.15. The summed E-state index contributed by atoms with van der Waals surface area (Å²) in [4.78, 5) is 5.64. The van der Waals surface area contributed by atoms with E-state index in [1.807, 2.05) is 11.8 Å². The van der Waals surface area contributed by atoms with E-state index in [1.165, 1.54) is 12.4 Å². The lowest BCUT2D eigenvalue weighted by atomic mass is 10.5. The second kappa shape index (κ2) is 7.82. The molecule has 1 rings (SSSR count). The molecule has 0 N–H and O–H groups in total. The van der Waals surface area contributed by atoms with Crippen molar-refractivity contribution in [2.75, 3.05) is 26.0 Å². The molecule has 0 radical (unpaired) electrons. The lowest BCUT2D eigenvalue weighted by molar-refractivity contribution is 0.374. The van der Waals surface area contributed by atoms with Crippen LogP contribution in [-0.4, -0.2) is 37.6 Å². The first kappa shape index (κ1) is 10.7. The van der Waals surface area contributed by atoms with Crippen LogP contribution in [0.1, 0.15) is 6.92 Å². The van der Waals surface area contributed by atoms with Crippen LogP contribution in [0.4, 0.5) is 0 Å². The molecule has 0 atom stereocenters. The van der Waals surface area contributed by atoms with Crippen molar-refractivity contribution in [3.05, 3.63) is 11.5 Å². The molecule has 11 heavy (non-hydrogen) atoms. The molecule has 0 bridgehead atoms. The zero-order chi connectivity index (χ0) is 8.53. The smallest absolute Gasteiger partial charge is 0.0488 e. The van der Waals surface area contributed by atoms with Gasteiger partial charge >= 0.3 is 0 Å². The summed E-state index contributed by atoms with van der Waals surface area (Å²) in [5, 5.41) is 2.17. The van der Waals surface area contributed by atoms with Gasteiger partial charge in [-0.25, -0.2) is 0 Å². The van der Waals surface area contributed by atoms with E-state index in [0.29, 0.717) is 0 Å². The van der Waals surface area contributed by atoms with Crippen LogP contribution in [-0.2, 0) is 0 Å². The van der Waals surface area contributed by atoms with Gasteiger partial charge in [0.1, 0.15) is 0 Å². The summed E-state index contributed by atoms with van der Waals surface area (Å²) in [5.41, 5.74) is 0. The molecule has 0 amide bonds. The Balaban J connectivity index is 0.000000292. The van der Waals surface area contributed by atoms with Crippen molar-refractivity contribution in [3.63, 3.8) is 0 Å². The Morgan fingerprint density at radius 3 is 2.64 bits per heavy atom. The van der Waals surface area contributed by atoms with E-state index in [4.69, 9.17) is 0 Å². The summed E-state index contributed by atoms with van der Waals surface area (Å²) in [6.07, 6.45) is 2.21. The van der Waals surface area contributed by atoms with E-state index in [-0.39, 0.29) is 0 Å². The molecule has 0 aliphatic carbocycles. The van der Waals surface area contributed by atoms with Crippen LogP contribution in [0.2, 0.25) is 0 Å². The topological polar surface area (TPSA) is 15.6 Å². The quantitative estimate of drug-likeness (QED) is 0.561. The summed E-state index contributed by atoms with van der Waals surface area (Å²) in [5.74, 6) is 1.17. The average molecular weight is 172 g/mol. The molecule has 0 saturated heterocycles. The van der Waals surface area contributed by atoms with E-state index >= 15 is 0 Å². The molecule has 0 aromatic heterocycles. The van der Waals surface area contributed by atoms with Crippen LogP contribution in [0.3, 0.4) is 0 Å². The Morgan fingerprint density at radius 1 is 1.73 bits per heavy atom. The summed E-state index contributed by atoms with van der Waals surface area (Å²) >= 11 is 1.87. The highest BCUT2D eigenvalue weighted by atomic mass is 32.2. The summed E-state index contributed by atoms with van der Waals surface area (Å²) in [7, 11) is 1.64. The number of rotatable bonds is 1. The van der Waals surface area contributed by atoms with Crippen molar-refractivity contribution >= 4 is 18.5 Å². The third kappa shape index (κ3) is 6.13. The first-order chi connectivity index (χ1) is 5.35. The van der Waals surface area contributed by atoms with Gasteiger partial charge in [-0.05, 0) is 18.7 Å². The molecule has 2 nitrogen and oxygen atoms in total. The molecule has 3 heteroatoms. The predicted octanol–water partition coefficient (Wildman–Crippen LogP) is 1.84. The Bertz CT molecular complexity index is 123. The molecular weight excluding hydrogens is 156 g/mol. The molecule has 0 saturated carbocycles. The zero-order valence-corrected chi connectivity index (χ0v) is 8.10. The minimum atomic E-state index is 1.14. The fraction of sp³-hybridized carbons (Fsp3) is 0.625. The van der Waals surface area contributed by atoms with Gasteiger partial charge in [-0.2, -0.15) is 0 Å². The van der Waals surface area contributed by atoms with Gasteiger partial charge in [-0.15, -0.1) is 11.8 Å². The van der Waals surface area contributed by atoms with E-state index in [0.717, 1.165) is 6.54 Å². The Kier molecular flexibility index (Phi) is 7.62. The first-order valence-corrected chi connectivity index (χ1v) is 4.73. The van der Waals surface area contributed by atoms with Gasteiger partial charge in [0.2, 0.25) is 0 Å². The monoisotopic (exact) mass is 172 g/mol. The van der Waals surface area contributed by atoms with Crippen molar-refractivity contribution in [2.45, 2.75) is 6.92 Å². The van der Waals surface area contributed by atoms with Crippen molar-refractivity contribution < 1.29 is 0 Å². The summed E-state index contributed by atoms with van der Waals surface area (Å²) in [6.45, 7) is 7.63. The van der Waals surface area contributed by atoms with Crippen LogP contribution in [0, 0.1) is 0 Å². The minimum absolute atomic E-state index is 1.14. The van der Waals surface area contributed by atoms with Crippen LogP contribution < -0.4 is 0 Å². The highest BCUT2D eigenvalue weighted by Crippen LogP contribution is 2.10. The molecular formula is C8H16N2S. The standard InChI is InChI=1S/C6H11NS.C2H5N/c1-2-7-4-3-5-8-6-7;1-3-2/h3,5H,2,4,6H2,1H3;1H2,2H3. The number of aliphatic imine (C=N–C) groups is 1. The van der Waals surface area contributed by atoms with Crippen molar-refractivity contribution in [1.29, 1.82) is 0 Å². The third-order valence-corrected chi connectivity index (χ3v) is 2.16. The Labute approximate surface area is 73.4 Å². The van der Waals surface area contributed by atoms with Crippen molar-refractivity contribution in [1.82, 2.24) is 4.90 Å². The maximum absolute atomic E-state index is 3.25. The molecule has 0 unspecified atom stereocenters. The number of hydrogen-bond donors (Lipinski definition) is 0. The normalized spacial score (nSPS) is 16.9. The van der Waals surface area contributed by atoms with Crippen molar-refractivity contribution in [2.24, 2.45) is 4.99 Å². The van der Waals surface area contributed by atoms with E-state index in [2.05, 4.69) is 35.0 Å². The molecule has 1 aliphatic rings. The fourth-order valence-corrected chi connectivity index (χ4v) is 1.49. The average Bonchev–Trinajstić information content (AvgIpc) is 2.08. The molecule has 0 aromatic rings. The van der Waals surface area contributed by atoms with Gasteiger partial charge in [-0.1, -0.05) is 13.0 Å². The second-order valence-corrected chi connectivity index (χ2v) is 3.02. The summed E-state index contributed by atoms with van der Waals surface area (Å²) in [6, 6.07) is 0. The van der Waals surface area contributed by atoms with Crippen LogP contribution >= 0.6 is 11.8 Å². The molecule has 0 fully saturated rings. The number of likely N-dealkylation sites (N-methyl/N-ethyl adjacent to an activating group) is 1.